The maximum atomic E-state index is 13.7. The SMILES string of the molecule is CN1CCC(Oc2c#cc(NC(=O)Nc3ccc(Oc4cc(Cl)ncn4)cc3)cc2C(F)(F)F)CC1. The van der Waals surface area contributed by atoms with Crippen molar-refractivity contribution in [1.29, 1.82) is 0 Å². The molecular formula is C24H21ClF3N5O3. The van der Waals surface area contributed by atoms with Gasteiger partial charge < -0.3 is 25.0 Å². The van der Waals surface area contributed by atoms with Crippen molar-refractivity contribution in [1.82, 2.24) is 14.9 Å². The second-order valence-electron chi connectivity index (χ2n) is 8.05. The van der Waals surface area contributed by atoms with E-state index in [-0.39, 0.29) is 22.8 Å². The molecule has 2 N–H and O–H groups in total. The first kappa shape index (κ1) is 25.3. The third kappa shape index (κ3) is 6.90. The summed E-state index contributed by atoms with van der Waals surface area (Å²) in [5.41, 5.74) is -0.847. The zero-order valence-electron chi connectivity index (χ0n) is 19.0. The first-order valence-electron chi connectivity index (χ1n) is 10.9. The number of nitrogens with one attached hydrogen (secondary N) is 2. The number of piperidine rings is 1. The summed E-state index contributed by atoms with van der Waals surface area (Å²) < 4.78 is 52.1. The van der Waals surface area contributed by atoms with Gasteiger partial charge in [-0.25, -0.2) is 14.8 Å². The van der Waals surface area contributed by atoms with E-state index in [9.17, 15) is 18.0 Å². The van der Waals surface area contributed by atoms with Crippen molar-refractivity contribution in [2.75, 3.05) is 30.8 Å². The molecule has 0 bridgehead atoms. The van der Waals surface area contributed by atoms with E-state index in [1.165, 1.54) is 12.4 Å². The molecule has 0 unspecified atom stereocenters. The predicted molar refractivity (Wildman–Crippen MR) is 126 cm³/mol. The van der Waals surface area contributed by atoms with Crippen LogP contribution in [0.5, 0.6) is 17.4 Å². The summed E-state index contributed by atoms with van der Waals surface area (Å²) in [6.45, 7) is 1.47. The molecule has 3 aromatic rings. The van der Waals surface area contributed by atoms with Gasteiger partial charge in [0.25, 0.3) is 0 Å². The van der Waals surface area contributed by atoms with Crippen molar-refractivity contribution in [2.24, 2.45) is 0 Å². The number of hydrogen-bond donors (Lipinski definition) is 2. The standard InChI is InChI=1S/C24H21ClF3N5O3/c1-33-10-8-18(9-11-33)35-20-7-4-16(12-19(20)24(26,27)28)32-23(34)31-15-2-5-17(6-3-15)36-22-13-21(25)29-14-30-22/h2-3,5-6,12-14,18H,8-11H2,1H3,(H2,31,32,34). The Morgan fingerprint density at radius 3 is 2.50 bits per heavy atom. The van der Waals surface area contributed by atoms with E-state index in [0.717, 1.165) is 19.2 Å². The number of rotatable bonds is 6. The Morgan fingerprint density at radius 2 is 1.83 bits per heavy atom. The van der Waals surface area contributed by atoms with Crippen molar-refractivity contribution in [3.63, 3.8) is 0 Å². The van der Waals surface area contributed by atoms with Gasteiger partial charge in [0.1, 0.15) is 28.9 Å². The van der Waals surface area contributed by atoms with Crippen molar-refractivity contribution < 1.29 is 27.4 Å². The molecule has 1 aliphatic rings. The van der Waals surface area contributed by atoms with Gasteiger partial charge in [-0.15, -0.1) is 0 Å². The molecule has 0 saturated carbocycles. The summed E-state index contributed by atoms with van der Waals surface area (Å²) in [5.74, 6) is 0.237. The molecule has 188 valence electrons. The molecule has 1 aromatic heterocycles. The summed E-state index contributed by atoms with van der Waals surface area (Å²) in [5, 5.41) is 5.09. The Morgan fingerprint density at radius 1 is 1.11 bits per heavy atom. The van der Waals surface area contributed by atoms with Gasteiger partial charge >= 0.3 is 12.2 Å². The fourth-order valence-electron chi connectivity index (χ4n) is 3.46. The highest BCUT2D eigenvalue weighted by Crippen LogP contribution is 2.37. The maximum Gasteiger partial charge on any atom is 0.420 e. The second-order valence-corrected chi connectivity index (χ2v) is 8.44. The van der Waals surface area contributed by atoms with Crippen LogP contribution in [0.15, 0.2) is 42.7 Å². The number of hydrogen-bond acceptors (Lipinski definition) is 6. The number of anilines is 2. The van der Waals surface area contributed by atoms with Crippen LogP contribution in [0.1, 0.15) is 18.4 Å². The monoisotopic (exact) mass is 519 g/mol. The number of urea groups is 1. The van der Waals surface area contributed by atoms with Crippen LogP contribution in [0.2, 0.25) is 5.15 Å². The molecule has 8 nitrogen and oxygen atoms in total. The van der Waals surface area contributed by atoms with E-state index in [4.69, 9.17) is 21.1 Å². The normalized spacial score (nSPS) is 14.6. The van der Waals surface area contributed by atoms with Crippen molar-refractivity contribution in [3.05, 3.63) is 65.6 Å². The minimum absolute atomic E-state index is 0.198. The van der Waals surface area contributed by atoms with Gasteiger partial charge in [-0.1, -0.05) is 11.6 Å². The van der Waals surface area contributed by atoms with Gasteiger partial charge in [0, 0.05) is 24.8 Å². The van der Waals surface area contributed by atoms with Crippen molar-refractivity contribution >= 4 is 29.0 Å². The van der Waals surface area contributed by atoms with E-state index in [1.807, 2.05) is 7.05 Å². The van der Waals surface area contributed by atoms with Crippen molar-refractivity contribution in [2.45, 2.75) is 25.1 Å². The smallest absolute Gasteiger partial charge is 0.420 e. The summed E-state index contributed by atoms with van der Waals surface area (Å²) >= 11 is 5.79. The highest BCUT2D eigenvalue weighted by Gasteiger charge is 2.36. The summed E-state index contributed by atoms with van der Waals surface area (Å²) in [6, 6.07) is 12.7. The van der Waals surface area contributed by atoms with Gasteiger partial charge in [-0.05, 0) is 62.4 Å². The van der Waals surface area contributed by atoms with E-state index in [1.54, 1.807) is 24.3 Å². The first-order chi connectivity index (χ1) is 17.2. The maximum absolute atomic E-state index is 13.7. The van der Waals surface area contributed by atoms with Crippen molar-refractivity contribution in [3.8, 4) is 17.4 Å². The molecule has 36 heavy (non-hydrogen) atoms. The lowest BCUT2D eigenvalue weighted by atomic mass is 10.1. The Kier molecular flexibility index (Phi) is 7.67. The molecular weight excluding hydrogens is 499 g/mol. The van der Waals surface area contributed by atoms with E-state index in [0.29, 0.717) is 24.3 Å². The Balaban J connectivity index is 1.38. The van der Waals surface area contributed by atoms with E-state index >= 15 is 0 Å². The molecule has 4 rings (SSSR count). The number of benzene rings is 1. The minimum Gasteiger partial charge on any atom is -0.482 e. The second kappa shape index (κ2) is 10.9. The van der Waals surface area contributed by atoms with Gasteiger partial charge in [0.05, 0.1) is 5.69 Å². The number of amides is 2. The van der Waals surface area contributed by atoms with E-state index < -0.39 is 23.5 Å². The first-order valence-corrected chi connectivity index (χ1v) is 11.3. The molecule has 0 spiro atoms. The molecule has 2 heterocycles. The average molecular weight is 520 g/mol. The van der Waals surface area contributed by atoms with Crippen LogP contribution in [0.25, 0.3) is 0 Å². The molecule has 0 atom stereocenters. The highest BCUT2D eigenvalue weighted by molar-refractivity contribution is 6.29. The number of carbonyl (C=O) groups excluding carboxylic acids is 1. The van der Waals surface area contributed by atoms with E-state index in [2.05, 4.69) is 37.6 Å². The summed E-state index contributed by atoms with van der Waals surface area (Å²) in [7, 11) is 1.95. The van der Waals surface area contributed by atoms with Gasteiger partial charge in [0.15, 0.2) is 5.75 Å². The quantitative estimate of drug-likeness (QED) is 0.409. The fraction of sp³-hybridized carbons (Fsp3) is 0.292. The zero-order valence-corrected chi connectivity index (χ0v) is 19.8. The number of halogens is 4. The lowest BCUT2D eigenvalue weighted by molar-refractivity contribution is -0.139. The van der Waals surface area contributed by atoms with Crippen LogP contribution in [0.4, 0.5) is 29.3 Å². The number of aromatic nitrogens is 2. The largest absolute Gasteiger partial charge is 0.482 e. The lowest BCUT2D eigenvalue weighted by Crippen LogP contribution is -2.35. The molecule has 12 heteroatoms. The van der Waals surface area contributed by atoms with Crippen LogP contribution in [-0.4, -0.2) is 47.1 Å². The Labute approximate surface area is 210 Å². The molecule has 2 aromatic carbocycles. The minimum atomic E-state index is -4.69. The van der Waals surface area contributed by atoms with Crippen LogP contribution in [0.3, 0.4) is 0 Å². The zero-order chi connectivity index (χ0) is 25.7. The van der Waals surface area contributed by atoms with Crippen LogP contribution < -0.4 is 20.1 Å². The Bertz CT molecular complexity index is 1200. The fourth-order valence-corrected chi connectivity index (χ4v) is 3.60. The molecule has 0 radical (unpaired) electrons. The Hall–Kier alpha value is -3.75. The number of likely N-dealkylation sites (tertiary alicyclic amines) is 1. The summed E-state index contributed by atoms with van der Waals surface area (Å²) in [4.78, 5) is 22.1. The third-order valence-electron chi connectivity index (χ3n) is 5.29. The topological polar surface area (TPSA) is 88.6 Å². The van der Waals surface area contributed by atoms with Gasteiger partial charge in [-0.3, -0.25) is 0 Å². The molecule has 1 aliphatic heterocycles. The van der Waals surface area contributed by atoms with Crippen LogP contribution in [0, 0.1) is 12.1 Å². The highest BCUT2D eigenvalue weighted by atomic mass is 35.5. The molecule has 1 saturated heterocycles. The molecule has 0 aliphatic carbocycles. The van der Waals surface area contributed by atoms with Gasteiger partial charge in [0.2, 0.25) is 5.88 Å². The molecule has 1 fully saturated rings. The lowest BCUT2D eigenvalue weighted by Gasteiger charge is -2.29. The number of carbonyl (C=O) groups is 1. The number of alkyl halides is 3. The van der Waals surface area contributed by atoms with Crippen LogP contribution in [-0.2, 0) is 6.18 Å². The van der Waals surface area contributed by atoms with Crippen LogP contribution >= 0.6 is 11.6 Å². The average Bonchev–Trinajstić information content (AvgIpc) is 2.82. The number of nitrogens with zero attached hydrogens (tertiary/aromatic N) is 3. The number of ether oxygens (including phenoxy) is 2. The molecule has 2 amide bonds. The third-order valence-corrected chi connectivity index (χ3v) is 5.50. The summed E-state index contributed by atoms with van der Waals surface area (Å²) in [6.07, 6.45) is -2.55. The predicted octanol–water partition coefficient (Wildman–Crippen LogP) is 5.66. The van der Waals surface area contributed by atoms with Gasteiger partial charge in [-0.2, -0.15) is 13.2 Å².